The molecule has 0 unspecified atom stereocenters. The molecule has 2 aliphatic rings. The molecule has 3 rings (SSSR count). The lowest BCUT2D eigenvalue weighted by Crippen LogP contribution is -2.45. The van der Waals surface area contributed by atoms with Crippen LogP contribution in [0.5, 0.6) is 0 Å². The van der Waals surface area contributed by atoms with Crippen molar-refractivity contribution < 1.29 is 4.79 Å². The third-order valence-electron chi connectivity index (χ3n) is 5.31. The fraction of sp³-hybridized carbons (Fsp3) is 0.684. The van der Waals surface area contributed by atoms with Crippen LogP contribution in [0, 0.1) is 0 Å². The molecule has 1 aromatic heterocycles. The Labute approximate surface area is 144 Å². The minimum Gasteiger partial charge on any atom is -0.333 e. The zero-order valence-electron chi connectivity index (χ0n) is 13.8. The highest BCUT2D eigenvalue weighted by atomic mass is 35.5. The Kier molecular flexibility index (Phi) is 5.93. The van der Waals surface area contributed by atoms with E-state index in [1.165, 1.54) is 51.4 Å². The van der Waals surface area contributed by atoms with E-state index in [0.29, 0.717) is 18.0 Å². The second-order valence-corrected chi connectivity index (χ2v) is 7.30. The van der Waals surface area contributed by atoms with Crippen molar-refractivity contribution in [2.75, 3.05) is 5.88 Å². The van der Waals surface area contributed by atoms with E-state index in [1.807, 2.05) is 12.1 Å². The van der Waals surface area contributed by atoms with Crippen LogP contribution in [0.15, 0.2) is 18.3 Å². The highest BCUT2D eigenvalue weighted by Crippen LogP contribution is 2.32. The van der Waals surface area contributed by atoms with Crippen LogP contribution in [0.2, 0.25) is 0 Å². The number of pyridine rings is 1. The number of hydrogen-bond acceptors (Lipinski definition) is 2. The first-order chi connectivity index (χ1) is 11.3. The van der Waals surface area contributed by atoms with Gasteiger partial charge in [-0.1, -0.05) is 25.7 Å². The number of halogens is 1. The maximum atomic E-state index is 13.1. The maximum absolute atomic E-state index is 13.1. The Morgan fingerprint density at radius 3 is 2.17 bits per heavy atom. The van der Waals surface area contributed by atoms with Crippen molar-refractivity contribution in [3.05, 3.63) is 29.6 Å². The molecule has 1 heterocycles. The van der Waals surface area contributed by atoms with Gasteiger partial charge in [-0.2, -0.15) is 0 Å². The molecule has 0 N–H and O–H groups in total. The largest absolute Gasteiger partial charge is 0.333 e. The molecule has 126 valence electrons. The van der Waals surface area contributed by atoms with Gasteiger partial charge in [-0.25, -0.2) is 0 Å². The molecule has 0 radical (unpaired) electrons. The number of rotatable bonds is 6. The number of nitrogens with zero attached hydrogens (tertiary/aromatic N) is 2. The Hall–Kier alpha value is -1.09. The SMILES string of the molecule is O=C(c1ccc(CCCCl)nc1)N(C1CCCC1)C1CCCC1. The Bertz CT molecular complexity index is 489. The molecule has 0 saturated heterocycles. The summed E-state index contributed by atoms with van der Waals surface area (Å²) in [7, 11) is 0. The fourth-order valence-electron chi connectivity index (χ4n) is 4.09. The van der Waals surface area contributed by atoms with E-state index in [1.54, 1.807) is 6.20 Å². The first-order valence-electron chi connectivity index (χ1n) is 9.13. The third-order valence-corrected chi connectivity index (χ3v) is 5.58. The number of aromatic nitrogens is 1. The van der Waals surface area contributed by atoms with Gasteiger partial charge in [0.25, 0.3) is 5.91 Å². The van der Waals surface area contributed by atoms with E-state index in [9.17, 15) is 4.79 Å². The average Bonchev–Trinajstić information content (AvgIpc) is 3.28. The normalized spacial score (nSPS) is 19.3. The number of carbonyl (C=O) groups is 1. The number of aryl methyl sites for hydroxylation is 1. The lowest BCUT2D eigenvalue weighted by Gasteiger charge is -2.34. The molecular weight excluding hydrogens is 308 g/mol. The summed E-state index contributed by atoms with van der Waals surface area (Å²) in [5.74, 6) is 0.847. The second kappa shape index (κ2) is 8.14. The van der Waals surface area contributed by atoms with E-state index in [-0.39, 0.29) is 5.91 Å². The van der Waals surface area contributed by atoms with E-state index in [4.69, 9.17) is 11.6 Å². The number of amides is 1. The van der Waals surface area contributed by atoms with Crippen molar-refractivity contribution in [2.45, 2.75) is 76.3 Å². The number of carbonyl (C=O) groups excluding carboxylic acids is 1. The quantitative estimate of drug-likeness (QED) is 0.713. The molecular formula is C19H27ClN2O. The van der Waals surface area contributed by atoms with Crippen LogP contribution >= 0.6 is 11.6 Å². The van der Waals surface area contributed by atoms with Gasteiger partial charge >= 0.3 is 0 Å². The van der Waals surface area contributed by atoms with Crippen LogP contribution in [0.4, 0.5) is 0 Å². The van der Waals surface area contributed by atoms with Crippen molar-refractivity contribution in [3.63, 3.8) is 0 Å². The van der Waals surface area contributed by atoms with Gasteiger partial charge in [0, 0.05) is 29.9 Å². The van der Waals surface area contributed by atoms with Gasteiger partial charge in [0.05, 0.1) is 5.56 Å². The summed E-state index contributed by atoms with van der Waals surface area (Å²) in [6.45, 7) is 0. The lowest BCUT2D eigenvalue weighted by molar-refractivity contribution is 0.0580. The van der Waals surface area contributed by atoms with Gasteiger partial charge in [-0.15, -0.1) is 11.6 Å². The maximum Gasteiger partial charge on any atom is 0.255 e. The molecule has 0 aromatic carbocycles. The van der Waals surface area contributed by atoms with E-state index < -0.39 is 0 Å². The van der Waals surface area contributed by atoms with Crippen molar-refractivity contribution in [1.29, 1.82) is 0 Å². The molecule has 2 aliphatic carbocycles. The Balaban J connectivity index is 1.74. The molecule has 4 heteroatoms. The zero-order chi connectivity index (χ0) is 16.1. The Morgan fingerprint density at radius 2 is 1.70 bits per heavy atom. The molecule has 1 aromatic rings. The zero-order valence-corrected chi connectivity index (χ0v) is 14.6. The summed E-state index contributed by atoms with van der Waals surface area (Å²) in [6.07, 6.45) is 13.3. The standard InChI is InChI=1S/C19H27ClN2O/c20-13-5-6-16-12-11-15(14-21-16)19(23)22(17-7-1-2-8-17)18-9-3-4-10-18/h11-12,14,17-18H,1-10,13H2. The van der Waals surface area contributed by atoms with Crippen LogP contribution in [0.3, 0.4) is 0 Å². The minimum absolute atomic E-state index is 0.195. The molecule has 0 atom stereocenters. The smallest absolute Gasteiger partial charge is 0.255 e. The Morgan fingerprint density at radius 1 is 1.09 bits per heavy atom. The van der Waals surface area contributed by atoms with Crippen LogP contribution in [0.25, 0.3) is 0 Å². The van der Waals surface area contributed by atoms with Crippen LogP contribution < -0.4 is 0 Å². The summed E-state index contributed by atoms with van der Waals surface area (Å²) < 4.78 is 0. The first kappa shape index (κ1) is 16.8. The summed E-state index contributed by atoms with van der Waals surface area (Å²) in [4.78, 5) is 19.8. The first-order valence-corrected chi connectivity index (χ1v) is 9.66. The van der Waals surface area contributed by atoms with Gasteiger partial charge in [0.1, 0.15) is 0 Å². The fourth-order valence-corrected chi connectivity index (χ4v) is 4.22. The summed E-state index contributed by atoms with van der Waals surface area (Å²) in [6, 6.07) is 4.83. The van der Waals surface area contributed by atoms with Crippen LogP contribution in [0.1, 0.15) is 73.8 Å². The second-order valence-electron chi connectivity index (χ2n) is 6.92. The lowest BCUT2D eigenvalue weighted by atomic mass is 10.1. The van der Waals surface area contributed by atoms with Crippen molar-refractivity contribution in [2.24, 2.45) is 0 Å². The molecule has 3 nitrogen and oxygen atoms in total. The van der Waals surface area contributed by atoms with E-state index >= 15 is 0 Å². The van der Waals surface area contributed by atoms with E-state index in [2.05, 4.69) is 9.88 Å². The minimum atomic E-state index is 0.195. The van der Waals surface area contributed by atoms with Gasteiger partial charge in [0.2, 0.25) is 0 Å². The van der Waals surface area contributed by atoms with Gasteiger partial charge in [0.15, 0.2) is 0 Å². The molecule has 0 aliphatic heterocycles. The van der Waals surface area contributed by atoms with Crippen LogP contribution in [-0.2, 0) is 6.42 Å². The van der Waals surface area contributed by atoms with Crippen molar-refractivity contribution in [3.8, 4) is 0 Å². The van der Waals surface area contributed by atoms with Crippen molar-refractivity contribution in [1.82, 2.24) is 9.88 Å². The van der Waals surface area contributed by atoms with Gasteiger partial charge in [-0.05, 0) is 50.7 Å². The molecule has 2 fully saturated rings. The molecule has 23 heavy (non-hydrogen) atoms. The summed E-state index contributed by atoms with van der Waals surface area (Å²) in [5.41, 5.74) is 1.77. The highest BCUT2D eigenvalue weighted by molar-refractivity contribution is 6.17. The topological polar surface area (TPSA) is 33.2 Å². The molecule has 1 amide bonds. The van der Waals surface area contributed by atoms with Gasteiger partial charge in [-0.3, -0.25) is 9.78 Å². The van der Waals surface area contributed by atoms with E-state index in [0.717, 1.165) is 24.1 Å². The predicted molar refractivity (Wildman–Crippen MR) is 94.0 cm³/mol. The monoisotopic (exact) mass is 334 g/mol. The average molecular weight is 335 g/mol. The van der Waals surface area contributed by atoms with Crippen molar-refractivity contribution >= 4 is 17.5 Å². The third kappa shape index (κ3) is 4.06. The summed E-state index contributed by atoms with van der Waals surface area (Å²) >= 11 is 5.73. The number of hydrogen-bond donors (Lipinski definition) is 0. The number of alkyl halides is 1. The summed E-state index contributed by atoms with van der Waals surface area (Å²) in [5, 5.41) is 0. The van der Waals surface area contributed by atoms with Gasteiger partial charge < -0.3 is 4.90 Å². The molecule has 0 spiro atoms. The molecule has 2 saturated carbocycles. The highest BCUT2D eigenvalue weighted by Gasteiger charge is 2.34. The van der Waals surface area contributed by atoms with Crippen LogP contribution in [-0.4, -0.2) is 33.8 Å². The molecule has 0 bridgehead atoms. The predicted octanol–water partition coefficient (Wildman–Crippen LogP) is 4.58.